The number of thioether (sulfide) groups is 2. The summed E-state index contributed by atoms with van der Waals surface area (Å²) in [5.74, 6) is 2.79. The number of hydrogen-bond acceptors (Lipinski definition) is 5. The molecule has 1 amide bonds. The van der Waals surface area contributed by atoms with Crippen molar-refractivity contribution in [3.8, 4) is 11.4 Å². The highest BCUT2D eigenvalue weighted by Crippen LogP contribution is 2.45. The van der Waals surface area contributed by atoms with E-state index in [9.17, 15) is 4.79 Å². The summed E-state index contributed by atoms with van der Waals surface area (Å²) in [7, 11) is 0. The van der Waals surface area contributed by atoms with Crippen LogP contribution in [0.4, 0.5) is 0 Å². The van der Waals surface area contributed by atoms with Gasteiger partial charge in [0.2, 0.25) is 0 Å². The van der Waals surface area contributed by atoms with Crippen molar-refractivity contribution in [1.82, 2.24) is 9.99 Å². The quantitative estimate of drug-likeness (QED) is 0.374. The van der Waals surface area contributed by atoms with Crippen molar-refractivity contribution in [1.29, 1.82) is 0 Å². The minimum atomic E-state index is -0.292. The molecule has 1 aliphatic heterocycles. The maximum absolute atomic E-state index is 12.1. The van der Waals surface area contributed by atoms with Gasteiger partial charge in [0, 0.05) is 34.1 Å². The van der Waals surface area contributed by atoms with Crippen molar-refractivity contribution in [3.05, 3.63) is 82.7 Å². The maximum Gasteiger partial charge on any atom is 0.277 e. The first kappa shape index (κ1) is 22.6. The molecule has 1 aromatic heterocycles. The van der Waals surface area contributed by atoms with Gasteiger partial charge >= 0.3 is 0 Å². The smallest absolute Gasteiger partial charge is 0.277 e. The van der Waals surface area contributed by atoms with E-state index in [1.807, 2.05) is 42.6 Å². The van der Waals surface area contributed by atoms with E-state index in [1.54, 1.807) is 6.21 Å². The van der Waals surface area contributed by atoms with Crippen molar-refractivity contribution < 1.29 is 9.53 Å². The van der Waals surface area contributed by atoms with Gasteiger partial charge in [-0.1, -0.05) is 29.8 Å². The first-order valence-electron chi connectivity index (χ1n) is 10.5. The van der Waals surface area contributed by atoms with Crippen LogP contribution in [0.2, 0.25) is 0 Å². The second kappa shape index (κ2) is 10.3. The fraction of sp³-hybridized carbons (Fsp3) is 0.280. The van der Waals surface area contributed by atoms with Crippen LogP contribution in [-0.2, 0) is 4.79 Å². The van der Waals surface area contributed by atoms with E-state index < -0.39 is 0 Å². The Hall–Kier alpha value is -2.64. The van der Waals surface area contributed by atoms with Crippen LogP contribution in [0.5, 0.6) is 5.75 Å². The minimum absolute atomic E-state index is 0.0774. The highest BCUT2D eigenvalue weighted by Gasteiger charge is 2.18. The number of amides is 1. The summed E-state index contributed by atoms with van der Waals surface area (Å²) in [5, 5.41) is 4.12. The van der Waals surface area contributed by atoms with Crippen molar-refractivity contribution in [2.75, 3.05) is 18.1 Å². The van der Waals surface area contributed by atoms with Crippen LogP contribution >= 0.6 is 23.5 Å². The normalized spacial score (nSPS) is 14.2. The first-order valence-corrected chi connectivity index (χ1v) is 12.6. The molecule has 3 aromatic rings. The molecule has 1 aliphatic rings. The number of aromatic nitrogens is 1. The summed E-state index contributed by atoms with van der Waals surface area (Å²) < 4.78 is 8.29. The van der Waals surface area contributed by atoms with E-state index in [0.29, 0.717) is 10.3 Å². The molecular weight excluding hydrogens is 438 g/mol. The third-order valence-corrected chi connectivity index (χ3v) is 8.40. The Labute approximate surface area is 197 Å². The Kier molecular flexibility index (Phi) is 7.27. The third kappa shape index (κ3) is 5.40. The minimum Gasteiger partial charge on any atom is -0.484 e. The van der Waals surface area contributed by atoms with Gasteiger partial charge < -0.3 is 9.30 Å². The molecule has 5 nitrogen and oxygen atoms in total. The molecule has 0 aliphatic carbocycles. The molecule has 0 bridgehead atoms. The predicted octanol–water partition coefficient (Wildman–Crippen LogP) is 5.41. The number of nitrogens with one attached hydrogen (secondary N) is 1. The van der Waals surface area contributed by atoms with Gasteiger partial charge in [0.1, 0.15) is 5.75 Å². The van der Waals surface area contributed by atoms with E-state index in [0.717, 1.165) is 22.6 Å². The largest absolute Gasteiger partial charge is 0.484 e. The number of hydrogen-bond donors (Lipinski definition) is 1. The van der Waals surface area contributed by atoms with E-state index >= 15 is 0 Å². The van der Waals surface area contributed by atoms with E-state index in [4.69, 9.17) is 4.74 Å². The summed E-state index contributed by atoms with van der Waals surface area (Å²) >= 11 is 3.94. The van der Waals surface area contributed by atoms with Crippen LogP contribution in [0, 0.1) is 20.8 Å². The Morgan fingerprint density at radius 3 is 2.47 bits per heavy atom. The lowest BCUT2D eigenvalue weighted by atomic mass is 10.2. The lowest BCUT2D eigenvalue weighted by molar-refractivity contribution is -0.123. The number of nitrogens with zero attached hydrogens (tertiary/aromatic N) is 2. The van der Waals surface area contributed by atoms with Crippen molar-refractivity contribution in [2.24, 2.45) is 5.10 Å². The van der Waals surface area contributed by atoms with Crippen molar-refractivity contribution >= 4 is 35.6 Å². The molecule has 0 unspecified atom stereocenters. The number of ether oxygens (including phenoxy) is 1. The number of carbonyl (C=O) groups is 1. The zero-order chi connectivity index (χ0) is 22.5. The van der Waals surface area contributed by atoms with Gasteiger partial charge in [0.05, 0.1) is 10.8 Å². The molecular formula is C25H27N3O2S2. The highest BCUT2D eigenvalue weighted by molar-refractivity contribution is 8.19. The van der Waals surface area contributed by atoms with Gasteiger partial charge in [0.25, 0.3) is 5.91 Å². The molecule has 32 heavy (non-hydrogen) atoms. The Bertz CT molecular complexity index is 1100. The Balaban J connectivity index is 1.31. The second-order valence-corrected chi connectivity index (χ2v) is 10.4. The Morgan fingerprint density at radius 1 is 1.09 bits per heavy atom. The van der Waals surface area contributed by atoms with Gasteiger partial charge in [-0.05, 0) is 56.7 Å². The van der Waals surface area contributed by atoms with Gasteiger partial charge in [-0.3, -0.25) is 4.79 Å². The van der Waals surface area contributed by atoms with Crippen LogP contribution in [0.3, 0.4) is 0 Å². The fourth-order valence-corrected chi connectivity index (χ4v) is 6.50. The van der Waals surface area contributed by atoms with Crippen LogP contribution in [0.1, 0.15) is 32.7 Å². The second-order valence-electron chi connectivity index (χ2n) is 7.72. The molecule has 1 N–H and O–H groups in total. The number of benzene rings is 2. The summed E-state index contributed by atoms with van der Waals surface area (Å²) in [4.78, 5) is 12.1. The molecule has 1 fully saturated rings. The van der Waals surface area contributed by atoms with Gasteiger partial charge in [-0.15, -0.1) is 23.5 Å². The van der Waals surface area contributed by atoms with Crippen molar-refractivity contribution in [2.45, 2.75) is 25.4 Å². The SMILES string of the molecule is Cc1ccc(-n2c(C)cc(/C=N/NC(=O)COc3ccc(C4SCCS4)cc3)c2C)cc1. The fourth-order valence-electron chi connectivity index (χ4n) is 3.64. The number of rotatable bonds is 7. The molecule has 166 valence electrons. The molecule has 0 radical (unpaired) electrons. The molecule has 0 saturated carbocycles. The van der Waals surface area contributed by atoms with Crippen LogP contribution in [-0.4, -0.2) is 34.8 Å². The number of hydrazone groups is 1. The molecule has 0 atom stereocenters. The summed E-state index contributed by atoms with van der Waals surface area (Å²) in [6.07, 6.45) is 1.68. The molecule has 1 saturated heterocycles. The summed E-state index contributed by atoms with van der Waals surface area (Å²) in [6, 6.07) is 18.5. The van der Waals surface area contributed by atoms with Crippen LogP contribution < -0.4 is 10.2 Å². The molecule has 7 heteroatoms. The maximum atomic E-state index is 12.1. The average Bonchev–Trinajstić information content (AvgIpc) is 3.42. The zero-order valence-corrected chi connectivity index (χ0v) is 20.1. The predicted molar refractivity (Wildman–Crippen MR) is 135 cm³/mol. The van der Waals surface area contributed by atoms with Crippen LogP contribution in [0.25, 0.3) is 5.69 Å². The van der Waals surface area contributed by atoms with E-state index in [2.05, 4.69) is 71.4 Å². The van der Waals surface area contributed by atoms with Crippen LogP contribution in [0.15, 0.2) is 59.7 Å². The Morgan fingerprint density at radius 2 is 1.78 bits per heavy atom. The van der Waals surface area contributed by atoms with E-state index in [1.165, 1.54) is 22.6 Å². The molecule has 4 rings (SSSR count). The lowest BCUT2D eigenvalue weighted by Crippen LogP contribution is -2.24. The number of aryl methyl sites for hydroxylation is 2. The monoisotopic (exact) mass is 465 g/mol. The standard InChI is InChI=1S/C25H27N3O2S2/c1-17-4-8-22(9-5-17)28-18(2)14-21(19(28)3)15-26-27-24(29)16-30-23-10-6-20(7-11-23)25-31-12-13-32-25/h4-11,14-15,25H,12-13,16H2,1-3H3,(H,27,29)/b26-15+. The number of carbonyl (C=O) groups excluding carboxylic acids is 1. The summed E-state index contributed by atoms with van der Waals surface area (Å²) in [5.41, 5.74) is 9.32. The van der Waals surface area contributed by atoms with Gasteiger partial charge in [-0.25, -0.2) is 5.43 Å². The van der Waals surface area contributed by atoms with E-state index in [-0.39, 0.29) is 12.5 Å². The van der Waals surface area contributed by atoms with Gasteiger partial charge in [0.15, 0.2) is 6.61 Å². The topological polar surface area (TPSA) is 55.6 Å². The summed E-state index contributed by atoms with van der Waals surface area (Å²) in [6.45, 7) is 6.11. The molecule has 2 aromatic carbocycles. The molecule has 2 heterocycles. The first-order chi connectivity index (χ1) is 15.5. The third-order valence-electron chi connectivity index (χ3n) is 5.30. The highest BCUT2D eigenvalue weighted by atomic mass is 32.2. The lowest BCUT2D eigenvalue weighted by Gasteiger charge is -2.10. The molecule has 0 spiro atoms. The van der Waals surface area contributed by atoms with Crippen molar-refractivity contribution in [3.63, 3.8) is 0 Å². The average molecular weight is 466 g/mol. The van der Waals surface area contributed by atoms with Gasteiger partial charge in [-0.2, -0.15) is 5.10 Å². The zero-order valence-electron chi connectivity index (χ0n) is 18.5.